The van der Waals surface area contributed by atoms with Gasteiger partial charge in [0.25, 0.3) is 0 Å². The molecule has 0 bridgehead atoms. The van der Waals surface area contributed by atoms with E-state index < -0.39 is 0 Å². The molecular formula is C14H20N4O. The van der Waals surface area contributed by atoms with Crippen LogP contribution in [0.1, 0.15) is 26.1 Å². The zero-order valence-corrected chi connectivity index (χ0v) is 11.4. The SMILES string of the molecule is CCCOc1ccc(-c2nc(CC)n(N)c2N)cc1. The Kier molecular flexibility index (Phi) is 3.94. The summed E-state index contributed by atoms with van der Waals surface area (Å²) in [5.74, 6) is 7.97. The van der Waals surface area contributed by atoms with E-state index in [0.29, 0.717) is 5.82 Å². The van der Waals surface area contributed by atoms with Crippen LogP contribution in [0.15, 0.2) is 24.3 Å². The van der Waals surface area contributed by atoms with Gasteiger partial charge in [-0.3, -0.25) is 0 Å². The molecule has 0 radical (unpaired) electrons. The fraction of sp³-hybridized carbons (Fsp3) is 0.357. The summed E-state index contributed by atoms with van der Waals surface area (Å²) in [5.41, 5.74) is 7.64. The number of aryl methyl sites for hydroxylation is 1. The molecule has 0 spiro atoms. The van der Waals surface area contributed by atoms with E-state index in [-0.39, 0.29) is 0 Å². The van der Waals surface area contributed by atoms with E-state index in [1.54, 1.807) is 0 Å². The summed E-state index contributed by atoms with van der Waals surface area (Å²) >= 11 is 0. The Morgan fingerprint density at radius 2 is 1.89 bits per heavy atom. The zero-order valence-electron chi connectivity index (χ0n) is 11.4. The minimum absolute atomic E-state index is 0.485. The van der Waals surface area contributed by atoms with Crippen LogP contribution in [0.5, 0.6) is 5.75 Å². The predicted octanol–water partition coefficient (Wildman–Crippen LogP) is 2.20. The highest BCUT2D eigenvalue weighted by Crippen LogP contribution is 2.26. The molecule has 0 atom stereocenters. The van der Waals surface area contributed by atoms with Crippen LogP contribution < -0.4 is 16.3 Å². The van der Waals surface area contributed by atoms with Gasteiger partial charge in [0.15, 0.2) is 5.82 Å². The summed E-state index contributed by atoms with van der Waals surface area (Å²) in [6.07, 6.45) is 1.74. The van der Waals surface area contributed by atoms with Crippen LogP contribution in [-0.4, -0.2) is 16.3 Å². The van der Waals surface area contributed by atoms with E-state index in [1.807, 2.05) is 31.2 Å². The van der Waals surface area contributed by atoms with Crippen LogP contribution in [0.2, 0.25) is 0 Å². The second-order valence-corrected chi connectivity index (χ2v) is 4.36. The predicted molar refractivity (Wildman–Crippen MR) is 77.4 cm³/mol. The Hall–Kier alpha value is -2.17. The standard InChI is InChI=1S/C14H20N4O/c1-3-9-19-11-7-5-10(6-8-11)13-14(15)18(16)12(4-2)17-13/h5-8H,3-4,9,15-16H2,1-2H3. The Bertz CT molecular complexity index is 545. The van der Waals surface area contributed by atoms with Gasteiger partial charge in [0.2, 0.25) is 0 Å². The molecule has 5 heteroatoms. The number of imidazole rings is 1. The molecule has 5 nitrogen and oxygen atoms in total. The van der Waals surface area contributed by atoms with Crippen molar-refractivity contribution < 1.29 is 4.74 Å². The topological polar surface area (TPSA) is 79.1 Å². The van der Waals surface area contributed by atoms with Gasteiger partial charge in [0.1, 0.15) is 17.3 Å². The van der Waals surface area contributed by atoms with E-state index in [9.17, 15) is 0 Å². The summed E-state index contributed by atoms with van der Waals surface area (Å²) in [7, 11) is 0. The monoisotopic (exact) mass is 260 g/mol. The molecule has 102 valence electrons. The molecular weight excluding hydrogens is 240 g/mol. The molecule has 1 aromatic heterocycles. The van der Waals surface area contributed by atoms with Crippen molar-refractivity contribution in [1.82, 2.24) is 9.66 Å². The lowest BCUT2D eigenvalue weighted by molar-refractivity contribution is 0.317. The third-order valence-electron chi connectivity index (χ3n) is 2.94. The quantitative estimate of drug-likeness (QED) is 0.808. The molecule has 2 aromatic rings. The number of nitrogen functional groups attached to an aromatic ring is 2. The highest BCUT2D eigenvalue weighted by atomic mass is 16.5. The maximum absolute atomic E-state index is 5.97. The first-order valence-electron chi connectivity index (χ1n) is 6.52. The first kappa shape index (κ1) is 13.3. The molecule has 19 heavy (non-hydrogen) atoms. The van der Waals surface area contributed by atoms with Gasteiger partial charge in [-0.05, 0) is 30.7 Å². The molecule has 0 saturated heterocycles. The van der Waals surface area contributed by atoms with Crippen molar-refractivity contribution in [2.75, 3.05) is 18.2 Å². The second-order valence-electron chi connectivity index (χ2n) is 4.36. The van der Waals surface area contributed by atoms with E-state index in [0.717, 1.165) is 42.3 Å². The highest BCUT2D eigenvalue weighted by molar-refractivity contribution is 5.71. The lowest BCUT2D eigenvalue weighted by Gasteiger charge is -2.05. The largest absolute Gasteiger partial charge is 0.494 e. The number of hydrogen-bond acceptors (Lipinski definition) is 4. The van der Waals surface area contributed by atoms with Crippen molar-refractivity contribution in [3.8, 4) is 17.0 Å². The van der Waals surface area contributed by atoms with Gasteiger partial charge in [-0.1, -0.05) is 13.8 Å². The second kappa shape index (κ2) is 5.65. The molecule has 1 heterocycles. The van der Waals surface area contributed by atoms with Gasteiger partial charge >= 0.3 is 0 Å². The van der Waals surface area contributed by atoms with E-state index in [4.69, 9.17) is 16.3 Å². The molecule has 0 aliphatic rings. The van der Waals surface area contributed by atoms with Crippen molar-refractivity contribution >= 4 is 5.82 Å². The number of rotatable bonds is 5. The highest BCUT2D eigenvalue weighted by Gasteiger charge is 2.13. The average molecular weight is 260 g/mol. The molecule has 0 aliphatic heterocycles. The van der Waals surface area contributed by atoms with Crippen LogP contribution in [0, 0.1) is 0 Å². The molecule has 0 unspecified atom stereocenters. The van der Waals surface area contributed by atoms with Crippen LogP contribution in [-0.2, 0) is 6.42 Å². The number of nitrogens with zero attached hydrogens (tertiary/aromatic N) is 2. The van der Waals surface area contributed by atoms with Crippen LogP contribution in [0.4, 0.5) is 5.82 Å². The van der Waals surface area contributed by atoms with Gasteiger partial charge in [-0.2, -0.15) is 0 Å². The summed E-state index contributed by atoms with van der Waals surface area (Å²) in [6, 6.07) is 7.74. The van der Waals surface area contributed by atoms with E-state index >= 15 is 0 Å². The van der Waals surface area contributed by atoms with Gasteiger partial charge in [0.05, 0.1) is 6.61 Å². The molecule has 0 aliphatic carbocycles. The lowest BCUT2D eigenvalue weighted by atomic mass is 10.1. The number of ether oxygens (including phenoxy) is 1. The van der Waals surface area contributed by atoms with Crippen LogP contribution in [0.25, 0.3) is 11.3 Å². The Morgan fingerprint density at radius 3 is 2.42 bits per heavy atom. The van der Waals surface area contributed by atoms with Crippen molar-refractivity contribution in [2.24, 2.45) is 0 Å². The minimum Gasteiger partial charge on any atom is -0.494 e. The van der Waals surface area contributed by atoms with Crippen molar-refractivity contribution in [3.63, 3.8) is 0 Å². The average Bonchev–Trinajstić information content (AvgIpc) is 2.73. The van der Waals surface area contributed by atoms with Crippen molar-refractivity contribution in [1.29, 1.82) is 0 Å². The Morgan fingerprint density at radius 1 is 1.21 bits per heavy atom. The lowest BCUT2D eigenvalue weighted by Crippen LogP contribution is -2.14. The Labute approximate surface area is 113 Å². The first-order chi connectivity index (χ1) is 9.17. The maximum atomic E-state index is 5.97. The summed E-state index contributed by atoms with van der Waals surface area (Å²) in [6.45, 7) is 4.80. The van der Waals surface area contributed by atoms with E-state index in [2.05, 4.69) is 11.9 Å². The van der Waals surface area contributed by atoms with Gasteiger partial charge in [-0.25, -0.2) is 9.66 Å². The molecule has 1 aromatic carbocycles. The summed E-state index contributed by atoms with van der Waals surface area (Å²) in [5, 5.41) is 0. The fourth-order valence-corrected chi connectivity index (χ4v) is 1.88. The Balaban J connectivity index is 2.27. The molecule has 4 N–H and O–H groups in total. The smallest absolute Gasteiger partial charge is 0.150 e. The minimum atomic E-state index is 0.485. The molecule has 0 saturated carbocycles. The van der Waals surface area contributed by atoms with Crippen molar-refractivity contribution in [2.45, 2.75) is 26.7 Å². The molecule has 0 fully saturated rings. The van der Waals surface area contributed by atoms with Crippen LogP contribution >= 0.6 is 0 Å². The fourth-order valence-electron chi connectivity index (χ4n) is 1.88. The van der Waals surface area contributed by atoms with Gasteiger partial charge < -0.3 is 16.3 Å². The molecule has 2 rings (SSSR count). The summed E-state index contributed by atoms with van der Waals surface area (Å²) < 4.78 is 6.99. The normalized spacial score (nSPS) is 10.6. The van der Waals surface area contributed by atoms with Gasteiger partial charge in [0, 0.05) is 12.0 Å². The third kappa shape index (κ3) is 2.65. The number of hydrogen-bond donors (Lipinski definition) is 2. The first-order valence-corrected chi connectivity index (χ1v) is 6.52. The van der Waals surface area contributed by atoms with Crippen molar-refractivity contribution in [3.05, 3.63) is 30.1 Å². The van der Waals surface area contributed by atoms with Gasteiger partial charge in [-0.15, -0.1) is 0 Å². The number of benzene rings is 1. The third-order valence-corrected chi connectivity index (χ3v) is 2.94. The molecule has 0 amide bonds. The van der Waals surface area contributed by atoms with E-state index in [1.165, 1.54) is 4.68 Å². The van der Waals surface area contributed by atoms with Crippen LogP contribution in [0.3, 0.4) is 0 Å². The zero-order chi connectivity index (χ0) is 13.8. The summed E-state index contributed by atoms with van der Waals surface area (Å²) in [4.78, 5) is 4.46. The number of nitrogens with two attached hydrogens (primary N) is 2. The maximum Gasteiger partial charge on any atom is 0.150 e. The number of aromatic nitrogens is 2. The number of anilines is 1.